The minimum atomic E-state index is -1.25. The molecule has 0 saturated carbocycles. The summed E-state index contributed by atoms with van der Waals surface area (Å²) in [7, 11) is 2.48. The van der Waals surface area contributed by atoms with Gasteiger partial charge in [-0.25, -0.2) is 28.3 Å². The molecule has 2 aromatic carbocycles. The van der Waals surface area contributed by atoms with E-state index >= 15 is 8.78 Å². The largest absolute Gasteiger partial charge is 0.453 e. The maximum absolute atomic E-state index is 15.2. The number of likely N-dealkylation sites (tertiary alicyclic amines) is 2. The Balaban J connectivity index is 1.06. The average Bonchev–Trinajstić information content (AvgIpc) is 4.15. The van der Waals surface area contributed by atoms with Crippen molar-refractivity contribution < 1.29 is 37.4 Å². The van der Waals surface area contributed by atoms with Crippen LogP contribution in [0.15, 0.2) is 48.5 Å². The molecule has 3 fully saturated rings. The Morgan fingerprint density at radius 2 is 1.33 bits per heavy atom. The third-order valence-corrected chi connectivity index (χ3v) is 14.1. The van der Waals surface area contributed by atoms with Gasteiger partial charge in [-0.15, -0.1) is 0 Å². The number of alkyl carbamates (subject to hydrolysis) is 2. The van der Waals surface area contributed by atoms with Crippen molar-refractivity contribution in [2.45, 2.75) is 135 Å². The molecular weight excluding hydrogens is 861 g/mol. The van der Waals surface area contributed by atoms with Crippen molar-refractivity contribution in [1.82, 2.24) is 40.4 Å². The number of nitrogens with one attached hydrogen (secondary N) is 4. The highest BCUT2D eigenvalue weighted by Crippen LogP contribution is 2.46. The van der Waals surface area contributed by atoms with Crippen LogP contribution in [0.1, 0.15) is 126 Å². The van der Waals surface area contributed by atoms with Crippen LogP contribution in [-0.4, -0.2) is 112 Å². The Hall–Kier alpha value is -6.00. The number of nitrogens with zero attached hydrogens (tertiary/aromatic N) is 5. The summed E-state index contributed by atoms with van der Waals surface area (Å²) in [5.41, 5.74) is 6.55. The molecule has 5 heterocycles. The number of alkyl halides is 2. The first-order chi connectivity index (χ1) is 31.8. The molecule has 9 atom stereocenters. The number of fused-ring (bicyclic) bond motifs is 2. The minimum Gasteiger partial charge on any atom is -0.453 e. The Morgan fingerprint density at radius 3 is 1.87 bits per heavy atom. The van der Waals surface area contributed by atoms with Crippen molar-refractivity contribution in [3.63, 3.8) is 0 Å². The molecule has 2 aromatic heterocycles. The number of hydrogen-bond donors (Lipinski definition) is 4. The zero-order valence-electron chi connectivity index (χ0n) is 39.9. The normalized spacial score (nSPS) is 24.9. The molecule has 4 N–H and O–H groups in total. The van der Waals surface area contributed by atoms with E-state index in [9.17, 15) is 19.2 Å². The number of halogens is 2. The smallest absolute Gasteiger partial charge is 0.407 e. The van der Waals surface area contributed by atoms with Crippen LogP contribution in [-0.2, 0) is 30.9 Å². The molecule has 1 unspecified atom stereocenters. The van der Waals surface area contributed by atoms with Gasteiger partial charge in [0.15, 0.2) is 0 Å². The first-order valence-electron chi connectivity index (χ1n) is 23.6. The fraction of sp³-hybridized carbons (Fsp3) is 0.560. The third-order valence-electron chi connectivity index (χ3n) is 14.1. The number of anilines is 1. The summed E-state index contributed by atoms with van der Waals surface area (Å²) in [6.07, 6.45) is 2.92. The fourth-order valence-corrected chi connectivity index (χ4v) is 10.5. The molecule has 360 valence electrons. The molecule has 67 heavy (non-hydrogen) atoms. The Labute approximate surface area is 390 Å². The lowest BCUT2D eigenvalue weighted by molar-refractivity contribution is -0.136. The minimum absolute atomic E-state index is 0.0115. The lowest BCUT2D eigenvalue weighted by Gasteiger charge is -2.37. The number of H-pyrrole nitrogens is 2. The van der Waals surface area contributed by atoms with Crippen LogP contribution in [0.5, 0.6) is 0 Å². The Bertz CT molecular complexity index is 2500. The fourth-order valence-electron chi connectivity index (χ4n) is 10.5. The van der Waals surface area contributed by atoms with Crippen molar-refractivity contribution in [3.8, 4) is 0 Å². The van der Waals surface area contributed by atoms with Crippen molar-refractivity contribution in [3.05, 3.63) is 82.7 Å². The average molecular weight is 926 g/mol. The van der Waals surface area contributed by atoms with E-state index < -0.39 is 48.7 Å². The molecule has 1 aliphatic carbocycles. The van der Waals surface area contributed by atoms with Gasteiger partial charge in [0, 0.05) is 36.9 Å². The van der Waals surface area contributed by atoms with Crippen molar-refractivity contribution in [2.24, 2.45) is 17.8 Å². The summed E-state index contributed by atoms with van der Waals surface area (Å²) in [6, 6.07) is 12.1. The number of rotatable bonds is 11. The Morgan fingerprint density at radius 1 is 0.761 bits per heavy atom. The van der Waals surface area contributed by atoms with Crippen LogP contribution in [0.25, 0.3) is 17.1 Å². The van der Waals surface area contributed by atoms with E-state index in [-0.39, 0.29) is 73.0 Å². The van der Waals surface area contributed by atoms with Crippen LogP contribution in [0.4, 0.5) is 24.1 Å². The highest BCUT2D eigenvalue weighted by molar-refractivity contribution is 5.87. The van der Waals surface area contributed by atoms with E-state index in [0.717, 1.165) is 41.0 Å². The summed E-state index contributed by atoms with van der Waals surface area (Å²) in [4.78, 5) is 74.4. The topological polar surface area (TPSA) is 178 Å². The lowest BCUT2D eigenvalue weighted by atomic mass is 9.86. The molecule has 4 amide bonds. The van der Waals surface area contributed by atoms with Crippen LogP contribution in [0.3, 0.4) is 0 Å². The zero-order valence-corrected chi connectivity index (χ0v) is 39.9. The molecule has 15 nitrogen and oxygen atoms in total. The van der Waals surface area contributed by atoms with E-state index in [1.54, 1.807) is 0 Å². The second kappa shape index (κ2) is 18.9. The number of carbonyl (C=O) groups excluding carboxylic acids is 4. The van der Waals surface area contributed by atoms with Gasteiger partial charge in [0.05, 0.1) is 67.9 Å². The number of hydrogen-bond acceptors (Lipinski definition) is 9. The van der Waals surface area contributed by atoms with Gasteiger partial charge in [-0.05, 0) is 71.6 Å². The van der Waals surface area contributed by atoms with E-state index in [1.807, 2.05) is 33.8 Å². The summed E-state index contributed by atoms with van der Waals surface area (Å²) < 4.78 is 39.9. The number of methoxy groups -OCH3 is 2. The Kier molecular flexibility index (Phi) is 13.4. The number of benzene rings is 2. The first-order valence-corrected chi connectivity index (χ1v) is 23.6. The summed E-state index contributed by atoms with van der Waals surface area (Å²) in [5, 5.41) is 5.26. The number of ether oxygens (including phenoxy) is 2. The highest BCUT2D eigenvalue weighted by atomic mass is 19.1. The van der Waals surface area contributed by atoms with Gasteiger partial charge in [0.1, 0.15) is 36.1 Å². The van der Waals surface area contributed by atoms with Crippen molar-refractivity contribution in [2.75, 3.05) is 32.2 Å². The number of aromatic nitrogens is 4. The standard InChI is InChI=1S/C50H65F2N9O6/c1-26(2)42(57-48(64)66-8)46(62)59-24-31(51)22-40(59)44-53-34-16-10-28(20-36(34)55-44)38-18-19-39(61(38)33-14-12-30(13-15-33)50(5,6)7)29-11-17-35-37(21-29)56-45(54-35)41-23-32(52)25-60(41)47(63)43(27(3)4)58-49(65)67-9/h10-17,20,26-27,29,31-32,38-43H,18-19,21-25H2,1-9H3,(H,53,55)(H,54,56)(H,57,64)(H,58,65)/t29?,31-,32-,38+,39+,40-,41-,42-,43-/m0/s1. The van der Waals surface area contributed by atoms with Crippen molar-refractivity contribution in [1.29, 1.82) is 0 Å². The molecule has 8 rings (SSSR count). The maximum Gasteiger partial charge on any atom is 0.407 e. The summed E-state index contributed by atoms with van der Waals surface area (Å²) in [5.74, 6) is -0.191. The van der Waals surface area contributed by atoms with Gasteiger partial charge in [-0.3, -0.25) is 9.59 Å². The van der Waals surface area contributed by atoms with E-state index in [1.165, 1.54) is 29.6 Å². The van der Waals surface area contributed by atoms with Crippen LogP contribution in [0.2, 0.25) is 0 Å². The van der Waals surface area contributed by atoms with Crippen molar-refractivity contribution >= 4 is 46.8 Å². The summed E-state index contributed by atoms with van der Waals surface area (Å²) in [6.45, 7) is 13.7. The van der Waals surface area contributed by atoms with E-state index in [2.05, 4.69) is 94.8 Å². The summed E-state index contributed by atoms with van der Waals surface area (Å²) >= 11 is 0. The number of amides is 4. The predicted molar refractivity (Wildman–Crippen MR) is 251 cm³/mol. The number of carbonyl (C=O) groups is 4. The predicted octanol–water partition coefficient (Wildman–Crippen LogP) is 8.16. The number of imidazole rings is 2. The van der Waals surface area contributed by atoms with Crippen LogP contribution < -0.4 is 15.5 Å². The van der Waals surface area contributed by atoms with Gasteiger partial charge in [0.25, 0.3) is 0 Å². The first kappa shape index (κ1) is 47.5. The molecule has 0 bridgehead atoms. The SMILES string of the molecule is COC(=O)N[C@H](C(=O)N1C[C@@H](F)C[C@H]1c1nc2c([nH]1)C=CC([C@H]1CC[C@H](c3ccc4[nH]c([C@@H]5C[C@H](F)CN5C(=O)[C@@H](NC(=O)OC)C(C)C)nc4c3)N1c1ccc(C(C)(C)C)cc1)C2)C(C)C. The molecule has 4 aliphatic rings. The molecule has 17 heteroatoms. The number of aromatic amines is 2. The highest BCUT2D eigenvalue weighted by Gasteiger charge is 2.45. The monoisotopic (exact) mass is 926 g/mol. The maximum atomic E-state index is 15.2. The van der Waals surface area contributed by atoms with E-state index in [0.29, 0.717) is 23.6 Å². The second-order valence-electron chi connectivity index (χ2n) is 20.4. The van der Waals surface area contributed by atoms with Gasteiger partial charge >= 0.3 is 12.2 Å². The molecule has 4 aromatic rings. The molecule has 0 spiro atoms. The van der Waals surface area contributed by atoms with Gasteiger partial charge in [-0.2, -0.15) is 0 Å². The second-order valence-corrected chi connectivity index (χ2v) is 20.4. The zero-order chi connectivity index (χ0) is 48.1. The van der Waals surface area contributed by atoms with Gasteiger partial charge in [0.2, 0.25) is 11.8 Å². The van der Waals surface area contributed by atoms with Crippen LogP contribution >= 0.6 is 0 Å². The third kappa shape index (κ3) is 9.60. The van der Waals surface area contributed by atoms with Gasteiger partial charge in [-0.1, -0.05) is 72.7 Å². The molecule has 3 saturated heterocycles. The molecular formula is C50H65F2N9O6. The lowest BCUT2D eigenvalue weighted by Crippen LogP contribution is -2.51. The van der Waals surface area contributed by atoms with E-state index in [4.69, 9.17) is 19.4 Å². The van der Waals surface area contributed by atoms with Crippen LogP contribution in [0, 0.1) is 17.8 Å². The molecule has 0 radical (unpaired) electrons. The quantitative estimate of drug-likeness (QED) is 0.116. The van der Waals surface area contributed by atoms with Gasteiger partial charge < -0.3 is 44.8 Å². The molecule has 3 aliphatic heterocycles.